The number of nitrogens with zero attached hydrogens (tertiary/aromatic N) is 1. The first-order valence-corrected chi connectivity index (χ1v) is 8.05. The number of nitrogen functional groups attached to an aromatic ring is 1. The summed E-state index contributed by atoms with van der Waals surface area (Å²) in [6, 6.07) is 5.65. The molecule has 100 valence electrons. The number of hydrogen-bond acceptors (Lipinski definition) is 4. The lowest BCUT2D eigenvalue weighted by Crippen LogP contribution is -2.12. The number of hydrogen-bond donors (Lipinski definition) is 1. The van der Waals surface area contributed by atoms with E-state index in [1.807, 2.05) is 18.2 Å². The molecule has 3 atom stereocenters. The third kappa shape index (κ3) is 2.12. The fraction of sp³-hybridized carbons (Fsp3) is 0.533. The standard InChI is InChI=1S/C15H18N2OS/c16-12-3-4-13-14(7-12)18-15(17-13)19-8-11-6-9-1-2-10(11)5-9/h3-4,7,9-11H,1-2,5-6,8,16H2. The van der Waals surface area contributed by atoms with E-state index in [2.05, 4.69) is 4.98 Å². The van der Waals surface area contributed by atoms with Gasteiger partial charge in [0.05, 0.1) is 0 Å². The Labute approximate surface area is 116 Å². The number of anilines is 1. The van der Waals surface area contributed by atoms with Crippen LogP contribution in [0.4, 0.5) is 5.69 Å². The van der Waals surface area contributed by atoms with Crippen molar-refractivity contribution in [2.45, 2.75) is 30.9 Å². The summed E-state index contributed by atoms with van der Waals surface area (Å²) in [7, 11) is 0. The fourth-order valence-corrected chi connectivity index (χ4v) is 4.82. The first-order chi connectivity index (χ1) is 9.28. The normalized spacial score (nSPS) is 29.4. The minimum absolute atomic E-state index is 0.730. The van der Waals surface area contributed by atoms with Crippen molar-refractivity contribution in [3.8, 4) is 0 Å². The van der Waals surface area contributed by atoms with Gasteiger partial charge in [0.15, 0.2) is 5.58 Å². The van der Waals surface area contributed by atoms with Gasteiger partial charge in [0.2, 0.25) is 0 Å². The molecule has 2 N–H and O–H groups in total. The molecule has 4 heteroatoms. The molecule has 1 heterocycles. The Morgan fingerprint density at radius 2 is 2.26 bits per heavy atom. The summed E-state index contributed by atoms with van der Waals surface area (Å²) < 4.78 is 5.76. The molecule has 0 amide bonds. The summed E-state index contributed by atoms with van der Waals surface area (Å²) in [6.45, 7) is 0. The summed E-state index contributed by atoms with van der Waals surface area (Å²) in [5.41, 5.74) is 8.19. The number of benzene rings is 1. The molecular weight excluding hydrogens is 256 g/mol. The van der Waals surface area contributed by atoms with Crippen molar-refractivity contribution in [1.82, 2.24) is 4.98 Å². The average molecular weight is 274 g/mol. The third-order valence-electron chi connectivity index (χ3n) is 4.70. The van der Waals surface area contributed by atoms with Gasteiger partial charge >= 0.3 is 0 Å². The van der Waals surface area contributed by atoms with Gasteiger partial charge < -0.3 is 10.2 Å². The molecule has 3 nitrogen and oxygen atoms in total. The number of fused-ring (bicyclic) bond motifs is 3. The highest BCUT2D eigenvalue weighted by atomic mass is 32.2. The Bertz CT molecular complexity index is 609. The highest BCUT2D eigenvalue weighted by Crippen LogP contribution is 2.49. The molecule has 1 aromatic carbocycles. The van der Waals surface area contributed by atoms with Crippen LogP contribution in [-0.4, -0.2) is 10.7 Å². The van der Waals surface area contributed by atoms with Gasteiger partial charge in [0.25, 0.3) is 5.22 Å². The van der Waals surface area contributed by atoms with Crippen molar-refractivity contribution >= 4 is 28.5 Å². The quantitative estimate of drug-likeness (QED) is 0.680. The maximum Gasteiger partial charge on any atom is 0.256 e. The Kier molecular flexibility index (Phi) is 2.72. The van der Waals surface area contributed by atoms with Crippen molar-refractivity contribution in [2.24, 2.45) is 17.8 Å². The Morgan fingerprint density at radius 3 is 3.05 bits per heavy atom. The van der Waals surface area contributed by atoms with E-state index in [9.17, 15) is 0 Å². The van der Waals surface area contributed by atoms with Gasteiger partial charge in [-0.3, -0.25) is 0 Å². The Morgan fingerprint density at radius 1 is 1.32 bits per heavy atom. The van der Waals surface area contributed by atoms with Gasteiger partial charge in [-0.05, 0) is 49.1 Å². The predicted molar refractivity (Wildman–Crippen MR) is 78.1 cm³/mol. The van der Waals surface area contributed by atoms with Gasteiger partial charge in [-0.1, -0.05) is 18.2 Å². The maximum atomic E-state index is 5.76. The van der Waals surface area contributed by atoms with Crippen LogP contribution in [0.2, 0.25) is 0 Å². The lowest BCUT2D eigenvalue weighted by Gasteiger charge is -2.20. The monoisotopic (exact) mass is 274 g/mol. The summed E-state index contributed by atoms with van der Waals surface area (Å²) in [4.78, 5) is 4.52. The zero-order chi connectivity index (χ0) is 12.8. The Hall–Kier alpha value is -1.16. The molecule has 19 heavy (non-hydrogen) atoms. The lowest BCUT2D eigenvalue weighted by atomic mass is 9.90. The van der Waals surface area contributed by atoms with Crippen molar-refractivity contribution < 1.29 is 4.42 Å². The molecule has 0 saturated heterocycles. The van der Waals surface area contributed by atoms with Crippen LogP contribution in [0.25, 0.3) is 11.1 Å². The molecule has 2 aromatic rings. The summed E-state index contributed by atoms with van der Waals surface area (Å²) in [5.74, 6) is 4.02. The SMILES string of the molecule is Nc1ccc2nc(SCC3CC4CCC3C4)oc2c1. The molecular formula is C15H18N2OS. The summed E-state index contributed by atoms with van der Waals surface area (Å²) >= 11 is 1.77. The van der Waals surface area contributed by atoms with Crippen LogP contribution in [0.15, 0.2) is 27.8 Å². The molecule has 2 aliphatic carbocycles. The van der Waals surface area contributed by atoms with Crippen molar-refractivity contribution in [3.05, 3.63) is 18.2 Å². The number of rotatable bonds is 3. The second-order valence-corrected chi connectivity index (χ2v) is 6.92. The second kappa shape index (κ2) is 4.44. The first-order valence-electron chi connectivity index (χ1n) is 7.07. The smallest absolute Gasteiger partial charge is 0.256 e. The van der Waals surface area contributed by atoms with Crippen LogP contribution in [-0.2, 0) is 0 Å². The predicted octanol–water partition coefficient (Wildman–Crippen LogP) is 3.94. The van der Waals surface area contributed by atoms with Crippen molar-refractivity contribution in [1.29, 1.82) is 0 Å². The van der Waals surface area contributed by atoms with E-state index in [0.29, 0.717) is 0 Å². The molecule has 2 bridgehead atoms. The van der Waals surface area contributed by atoms with Gasteiger partial charge in [-0.2, -0.15) is 0 Å². The first kappa shape index (κ1) is 11.6. The summed E-state index contributed by atoms with van der Waals surface area (Å²) in [5, 5.41) is 0.795. The van der Waals surface area contributed by atoms with Crippen LogP contribution >= 0.6 is 11.8 Å². The zero-order valence-electron chi connectivity index (χ0n) is 10.8. The average Bonchev–Trinajstić information content (AvgIpc) is 3.09. The molecule has 0 aliphatic heterocycles. The van der Waals surface area contributed by atoms with Crippen LogP contribution < -0.4 is 5.73 Å². The zero-order valence-corrected chi connectivity index (χ0v) is 11.7. The molecule has 3 unspecified atom stereocenters. The maximum absolute atomic E-state index is 5.76. The van der Waals surface area contributed by atoms with Crippen LogP contribution in [0, 0.1) is 17.8 Å². The van der Waals surface area contributed by atoms with Crippen molar-refractivity contribution in [2.75, 3.05) is 11.5 Å². The highest BCUT2D eigenvalue weighted by Gasteiger charge is 2.39. The van der Waals surface area contributed by atoms with Crippen LogP contribution in [0.1, 0.15) is 25.7 Å². The third-order valence-corrected chi connectivity index (χ3v) is 5.71. The number of nitrogens with two attached hydrogens (primary N) is 1. The molecule has 2 saturated carbocycles. The van der Waals surface area contributed by atoms with E-state index in [0.717, 1.165) is 45.5 Å². The largest absolute Gasteiger partial charge is 0.431 e. The van der Waals surface area contributed by atoms with Gasteiger partial charge in [-0.15, -0.1) is 0 Å². The minimum Gasteiger partial charge on any atom is -0.431 e. The van der Waals surface area contributed by atoms with Crippen molar-refractivity contribution in [3.63, 3.8) is 0 Å². The fourth-order valence-electron chi connectivity index (χ4n) is 3.74. The topological polar surface area (TPSA) is 52.0 Å². The highest BCUT2D eigenvalue weighted by molar-refractivity contribution is 7.99. The van der Waals surface area contributed by atoms with E-state index in [1.54, 1.807) is 11.8 Å². The second-order valence-electron chi connectivity index (χ2n) is 5.95. The molecule has 1 aromatic heterocycles. The van der Waals surface area contributed by atoms with E-state index in [4.69, 9.17) is 10.2 Å². The molecule has 4 rings (SSSR count). The van der Waals surface area contributed by atoms with E-state index in [-0.39, 0.29) is 0 Å². The molecule has 0 spiro atoms. The number of aromatic nitrogens is 1. The van der Waals surface area contributed by atoms with Gasteiger partial charge in [0, 0.05) is 17.5 Å². The Balaban J connectivity index is 1.46. The van der Waals surface area contributed by atoms with Crippen LogP contribution in [0.5, 0.6) is 0 Å². The van der Waals surface area contributed by atoms with Gasteiger partial charge in [0.1, 0.15) is 5.52 Å². The van der Waals surface area contributed by atoms with E-state index in [1.165, 1.54) is 25.7 Å². The molecule has 2 aliphatic rings. The molecule has 0 radical (unpaired) electrons. The van der Waals surface area contributed by atoms with E-state index >= 15 is 0 Å². The molecule has 2 fully saturated rings. The summed E-state index contributed by atoms with van der Waals surface area (Å²) in [6.07, 6.45) is 5.80. The van der Waals surface area contributed by atoms with E-state index < -0.39 is 0 Å². The number of thioether (sulfide) groups is 1. The minimum atomic E-state index is 0.730. The number of oxazole rings is 1. The lowest BCUT2D eigenvalue weighted by molar-refractivity contribution is 0.364. The van der Waals surface area contributed by atoms with Gasteiger partial charge in [-0.25, -0.2) is 4.98 Å². The van der Waals surface area contributed by atoms with Crippen LogP contribution in [0.3, 0.4) is 0 Å².